The number of ether oxygens (including phenoxy) is 1. The smallest absolute Gasteiger partial charge is 0.263 e. The molecular weight excluding hydrogens is 426 g/mol. The summed E-state index contributed by atoms with van der Waals surface area (Å²) in [6, 6.07) is 18.8. The summed E-state index contributed by atoms with van der Waals surface area (Å²) >= 11 is 1.83. The van der Waals surface area contributed by atoms with Gasteiger partial charge in [0, 0.05) is 17.7 Å². The second-order valence-electron chi connectivity index (χ2n) is 6.41. The predicted octanol–water partition coefficient (Wildman–Crippen LogP) is 0.811. The van der Waals surface area contributed by atoms with Crippen LogP contribution in [0.2, 0.25) is 0 Å². The molecule has 0 atom stereocenters. The lowest BCUT2D eigenvalue weighted by Gasteiger charge is -2.17. The topological polar surface area (TPSA) is 105 Å². The van der Waals surface area contributed by atoms with Gasteiger partial charge in [-0.3, -0.25) is 0 Å². The molecular formula is C22H20ClNO5S. The predicted molar refractivity (Wildman–Crippen MR) is 105 cm³/mol. The lowest BCUT2D eigenvalue weighted by atomic mass is 10.1. The molecule has 0 N–H and O–H groups in total. The molecule has 30 heavy (non-hydrogen) atoms. The first kappa shape index (κ1) is 22.2. The summed E-state index contributed by atoms with van der Waals surface area (Å²) in [7, 11) is -4.94. The first-order valence-electron chi connectivity index (χ1n) is 9.12. The fraction of sp³-hybridized carbons (Fsp3) is 0.136. The maximum atomic E-state index is 8.49. The van der Waals surface area contributed by atoms with E-state index >= 15 is 0 Å². The summed E-state index contributed by atoms with van der Waals surface area (Å²) in [5, 5.41) is 1.26. The molecule has 0 radical (unpaired) electrons. The maximum Gasteiger partial charge on any atom is 0.263 e. The van der Waals surface area contributed by atoms with Gasteiger partial charge in [-0.2, -0.15) is 4.57 Å². The number of para-hydroxylation sites is 1. The number of aryl methyl sites for hydroxylation is 1. The van der Waals surface area contributed by atoms with Crippen LogP contribution in [-0.2, 0) is 11.3 Å². The second-order valence-corrected chi connectivity index (χ2v) is 8.22. The fourth-order valence-corrected chi connectivity index (χ4v) is 4.30. The second kappa shape index (κ2) is 9.53. The van der Waals surface area contributed by atoms with Gasteiger partial charge in [-0.1, -0.05) is 53.8 Å². The Bertz CT molecular complexity index is 1110. The molecule has 1 aliphatic rings. The average Bonchev–Trinajstić information content (AvgIpc) is 3.04. The van der Waals surface area contributed by atoms with Gasteiger partial charge in [0.05, 0.1) is 0 Å². The summed E-state index contributed by atoms with van der Waals surface area (Å²) in [5.41, 5.74) is 3.55. The molecule has 0 bridgehead atoms. The third-order valence-corrected chi connectivity index (χ3v) is 5.35. The molecule has 0 fully saturated rings. The Balaban J connectivity index is 0.000000461. The summed E-state index contributed by atoms with van der Waals surface area (Å²) in [6.07, 6.45) is 6.46. The van der Waals surface area contributed by atoms with E-state index in [0.717, 1.165) is 29.2 Å². The number of benzene rings is 2. The van der Waals surface area contributed by atoms with Crippen molar-refractivity contribution in [3.63, 3.8) is 0 Å². The number of aromatic nitrogens is 1. The molecule has 4 rings (SSSR count). The zero-order chi connectivity index (χ0) is 21.7. The molecule has 3 aromatic rings. The van der Waals surface area contributed by atoms with Crippen LogP contribution in [0.1, 0.15) is 24.4 Å². The van der Waals surface area contributed by atoms with Crippen molar-refractivity contribution in [1.82, 2.24) is 0 Å². The molecule has 2 aromatic carbocycles. The van der Waals surface area contributed by atoms with Gasteiger partial charge in [0.1, 0.15) is 22.8 Å². The van der Waals surface area contributed by atoms with Gasteiger partial charge in [0.15, 0.2) is 0 Å². The van der Waals surface area contributed by atoms with Crippen molar-refractivity contribution >= 4 is 33.4 Å². The molecule has 0 saturated heterocycles. The molecule has 0 unspecified atom stereocenters. The minimum Gasteiger partial charge on any atom is -0.461 e. The first-order valence-corrected chi connectivity index (χ1v) is 11.2. The van der Waals surface area contributed by atoms with Gasteiger partial charge in [-0.25, -0.2) is 18.6 Å². The number of allylic oxidation sites excluding steroid dienone is 4. The van der Waals surface area contributed by atoms with Crippen molar-refractivity contribution in [2.75, 3.05) is 0 Å². The van der Waals surface area contributed by atoms with Crippen molar-refractivity contribution in [2.45, 2.75) is 20.4 Å². The molecule has 0 amide bonds. The molecule has 0 aliphatic carbocycles. The molecule has 0 saturated carbocycles. The highest BCUT2D eigenvalue weighted by Gasteiger charge is 2.18. The zero-order valence-corrected chi connectivity index (χ0v) is 18.0. The Morgan fingerprint density at radius 2 is 1.60 bits per heavy atom. The Kier molecular flexibility index (Phi) is 7.04. The minimum absolute atomic E-state index is 0.899. The number of fused-ring (bicyclic) bond motifs is 1. The van der Waals surface area contributed by atoms with Gasteiger partial charge in [-0.15, -0.1) is 10.2 Å². The lowest BCUT2D eigenvalue weighted by molar-refractivity contribution is -2.00. The van der Waals surface area contributed by atoms with Crippen molar-refractivity contribution in [3.8, 4) is 0 Å². The normalized spacial score (nSPS) is 15.2. The van der Waals surface area contributed by atoms with Crippen molar-refractivity contribution in [2.24, 2.45) is 0 Å². The Morgan fingerprint density at radius 1 is 0.967 bits per heavy atom. The summed E-state index contributed by atoms with van der Waals surface area (Å²) < 4.78 is 43.6. The summed E-state index contributed by atoms with van der Waals surface area (Å²) in [5.74, 6) is 1.81. The Hall–Kier alpha value is -2.52. The van der Waals surface area contributed by atoms with E-state index in [1.54, 1.807) is 0 Å². The highest BCUT2D eigenvalue weighted by atomic mass is 35.7. The van der Waals surface area contributed by atoms with Gasteiger partial charge < -0.3 is 4.74 Å². The third-order valence-electron chi connectivity index (χ3n) is 4.24. The van der Waals surface area contributed by atoms with Gasteiger partial charge in [0.25, 0.3) is 5.01 Å². The molecule has 2 heterocycles. The summed E-state index contributed by atoms with van der Waals surface area (Å²) in [6.45, 7) is 5.15. The van der Waals surface area contributed by atoms with Gasteiger partial charge in [-0.05, 0) is 37.6 Å². The van der Waals surface area contributed by atoms with Crippen LogP contribution in [0.4, 0.5) is 0 Å². The van der Waals surface area contributed by atoms with E-state index in [0.29, 0.717) is 0 Å². The average molecular weight is 446 g/mol. The first-order chi connectivity index (χ1) is 14.2. The Labute approximate surface area is 180 Å². The fourth-order valence-electron chi connectivity index (χ4n) is 3.12. The number of thiazole rings is 1. The number of hydrogen-bond donors (Lipinski definition) is 0. The van der Waals surface area contributed by atoms with E-state index in [1.807, 2.05) is 36.5 Å². The zero-order valence-electron chi connectivity index (χ0n) is 16.4. The highest BCUT2D eigenvalue weighted by molar-refractivity contribution is 7.18. The molecule has 8 heteroatoms. The molecule has 1 aromatic heterocycles. The summed E-state index contributed by atoms with van der Waals surface area (Å²) in [4.78, 5) is 0. The maximum absolute atomic E-state index is 8.49. The van der Waals surface area contributed by atoms with Crippen LogP contribution >= 0.6 is 11.3 Å². The van der Waals surface area contributed by atoms with Gasteiger partial charge >= 0.3 is 0 Å². The molecule has 1 aliphatic heterocycles. The third kappa shape index (κ3) is 5.99. The molecule has 6 nitrogen and oxygen atoms in total. The number of rotatable bonds is 3. The standard InChI is InChI=1S/C22H20NOS.ClHO4/c1-3-23-19-11-7-8-12-21(19)25-22(23)15-17-13-16(2)24-20(14-17)18-9-5-4-6-10-18;2-1(3,4)5/h4-15H,3H2,1-2H3;(H,2,3,4,5)/q+1;/p-1/b17-15-;. The van der Waals surface area contributed by atoms with Crippen LogP contribution < -0.4 is 23.2 Å². The molecule has 0 spiro atoms. The van der Waals surface area contributed by atoms with Crippen LogP contribution in [0.15, 0.2) is 78.1 Å². The van der Waals surface area contributed by atoms with Crippen LogP contribution in [0.3, 0.4) is 0 Å². The van der Waals surface area contributed by atoms with Crippen molar-refractivity contribution in [1.29, 1.82) is 0 Å². The minimum atomic E-state index is -4.94. The highest BCUT2D eigenvalue weighted by Crippen LogP contribution is 2.29. The van der Waals surface area contributed by atoms with Gasteiger partial charge in [0.2, 0.25) is 5.52 Å². The van der Waals surface area contributed by atoms with Crippen LogP contribution in [-0.4, -0.2) is 0 Å². The lowest BCUT2D eigenvalue weighted by Crippen LogP contribution is -2.68. The number of halogens is 1. The van der Waals surface area contributed by atoms with E-state index in [9.17, 15) is 0 Å². The van der Waals surface area contributed by atoms with E-state index < -0.39 is 10.2 Å². The van der Waals surface area contributed by atoms with E-state index in [2.05, 4.69) is 66.1 Å². The van der Waals surface area contributed by atoms with Crippen molar-refractivity contribution < 1.29 is 38.2 Å². The monoisotopic (exact) mass is 445 g/mol. The largest absolute Gasteiger partial charge is 0.461 e. The van der Waals surface area contributed by atoms with E-state index in [4.69, 9.17) is 23.4 Å². The van der Waals surface area contributed by atoms with Crippen LogP contribution in [0, 0.1) is 10.2 Å². The van der Waals surface area contributed by atoms with E-state index in [1.165, 1.54) is 15.2 Å². The van der Waals surface area contributed by atoms with Crippen LogP contribution in [0.25, 0.3) is 22.1 Å². The Morgan fingerprint density at radius 3 is 2.27 bits per heavy atom. The number of nitrogens with zero attached hydrogens (tertiary/aromatic N) is 1. The SMILES string of the molecule is CC[n+]1c(/C=C2/C=C(C)OC(c3ccccc3)=C2)sc2ccccc21.[O-][Cl+3]([O-])([O-])[O-]. The van der Waals surface area contributed by atoms with Crippen LogP contribution in [0.5, 0.6) is 0 Å². The van der Waals surface area contributed by atoms with E-state index in [-0.39, 0.29) is 0 Å². The quantitative estimate of drug-likeness (QED) is 0.555. The van der Waals surface area contributed by atoms with Crippen molar-refractivity contribution in [3.05, 3.63) is 88.7 Å². The number of hydrogen-bond acceptors (Lipinski definition) is 6. The molecule has 156 valence electrons.